The first-order valence-electron chi connectivity index (χ1n) is 9.13. The second kappa shape index (κ2) is 9.91. The third-order valence-corrected chi connectivity index (χ3v) is 5.74. The van der Waals surface area contributed by atoms with Crippen molar-refractivity contribution in [2.45, 2.75) is 13.3 Å². The molecule has 0 bridgehead atoms. The van der Waals surface area contributed by atoms with Crippen LogP contribution in [0.4, 0.5) is 5.95 Å². The highest BCUT2D eigenvalue weighted by atomic mass is 79.9. The van der Waals surface area contributed by atoms with Crippen LogP contribution in [0.3, 0.4) is 0 Å². The van der Waals surface area contributed by atoms with Crippen molar-refractivity contribution >= 4 is 62.6 Å². The third kappa shape index (κ3) is 5.60. The summed E-state index contributed by atoms with van der Waals surface area (Å²) in [7, 11) is 0. The van der Waals surface area contributed by atoms with E-state index in [1.165, 1.54) is 11.0 Å². The Hall–Kier alpha value is -2.59. The summed E-state index contributed by atoms with van der Waals surface area (Å²) in [6.07, 6.45) is 3.13. The fourth-order valence-corrected chi connectivity index (χ4v) is 3.75. The minimum Gasteiger partial charge on any atom is -0.470 e. The van der Waals surface area contributed by atoms with Gasteiger partial charge in [-0.1, -0.05) is 56.8 Å². The second-order valence-electron chi connectivity index (χ2n) is 6.56. The zero-order valence-electron chi connectivity index (χ0n) is 16.2. The Morgan fingerprint density at radius 1 is 1.00 bits per heavy atom. The van der Waals surface area contributed by atoms with Gasteiger partial charge in [0.15, 0.2) is 12.4 Å². The minimum absolute atomic E-state index is 0.0885. The maximum absolute atomic E-state index is 12.5. The number of carbonyl (C=O) groups excluding carboxylic acids is 1. The molecule has 0 unspecified atom stereocenters. The van der Waals surface area contributed by atoms with E-state index in [-0.39, 0.29) is 18.4 Å². The Morgan fingerprint density at radius 3 is 2.62 bits per heavy atom. The Labute approximate surface area is 206 Å². The van der Waals surface area contributed by atoms with E-state index in [9.17, 15) is 4.79 Å². The largest absolute Gasteiger partial charge is 0.470 e. The van der Waals surface area contributed by atoms with Crippen molar-refractivity contribution in [2.75, 3.05) is 5.32 Å². The number of anilines is 1. The molecule has 1 N–H and O–H groups in total. The zero-order valence-corrected chi connectivity index (χ0v) is 20.0. The lowest BCUT2D eigenvalue weighted by atomic mass is 10.2. The maximum Gasteiger partial charge on any atom is 0.278 e. The van der Waals surface area contributed by atoms with Crippen LogP contribution in [-0.2, 0) is 13.3 Å². The molecule has 0 saturated carbocycles. The molecule has 164 valence electrons. The quantitative estimate of drug-likeness (QED) is 0.323. The summed E-state index contributed by atoms with van der Waals surface area (Å²) in [5.74, 6) is 0.216. The number of halogens is 4. The van der Waals surface area contributed by atoms with E-state index in [1.54, 1.807) is 41.2 Å². The minimum atomic E-state index is -0.447. The lowest BCUT2D eigenvalue weighted by molar-refractivity contribution is 0.101. The molecule has 2 heterocycles. The van der Waals surface area contributed by atoms with E-state index in [4.69, 9.17) is 39.5 Å². The SMILES string of the molecule is O=C(Nc1ncn(Cc2ccc(Cl)c(Cl)c2)n1)c1ccn(COc2ccc(Br)cc2Cl)n1. The van der Waals surface area contributed by atoms with Crippen LogP contribution in [0.15, 0.2) is 59.5 Å². The van der Waals surface area contributed by atoms with Gasteiger partial charge in [0, 0.05) is 10.7 Å². The standard InChI is InChI=1S/C20H14BrCl3N6O2/c21-13-2-4-18(16(24)8-13)32-11-29-6-5-17(27-29)19(31)26-20-25-10-30(28-20)9-12-1-3-14(22)15(23)7-12/h1-8,10H,9,11H2,(H,26,28,31). The van der Waals surface area contributed by atoms with Crippen LogP contribution in [0.1, 0.15) is 16.1 Å². The normalized spacial score (nSPS) is 10.9. The van der Waals surface area contributed by atoms with Gasteiger partial charge < -0.3 is 4.74 Å². The second-order valence-corrected chi connectivity index (χ2v) is 8.69. The molecule has 4 aromatic rings. The number of nitrogens with zero attached hydrogens (tertiary/aromatic N) is 5. The Kier molecular flexibility index (Phi) is 7.00. The molecule has 8 nitrogen and oxygen atoms in total. The number of nitrogens with one attached hydrogen (secondary N) is 1. The maximum atomic E-state index is 12.5. The summed E-state index contributed by atoms with van der Waals surface area (Å²) in [5.41, 5.74) is 1.09. The highest BCUT2D eigenvalue weighted by molar-refractivity contribution is 9.10. The van der Waals surface area contributed by atoms with Gasteiger partial charge in [0.25, 0.3) is 5.91 Å². The van der Waals surface area contributed by atoms with Crippen molar-refractivity contribution in [1.29, 1.82) is 0 Å². The molecule has 0 radical (unpaired) electrons. The van der Waals surface area contributed by atoms with E-state index in [0.717, 1.165) is 10.0 Å². The first kappa shape index (κ1) is 22.6. The van der Waals surface area contributed by atoms with E-state index < -0.39 is 5.91 Å². The van der Waals surface area contributed by atoms with Crippen molar-refractivity contribution in [3.63, 3.8) is 0 Å². The predicted molar refractivity (Wildman–Crippen MR) is 126 cm³/mol. The number of rotatable bonds is 7. The first-order valence-corrected chi connectivity index (χ1v) is 11.1. The highest BCUT2D eigenvalue weighted by Gasteiger charge is 2.13. The van der Waals surface area contributed by atoms with Crippen LogP contribution in [0.2, 0.25) is 15.1 Å². The molecular formula is C20H14BrCl3N6O2. The Balaban J connectivity index is 1.34. The van der Waals surface area contributed by atoms with Gasteiger partial charge in [-0.15, -0.1) is 5.10 Å². The van der Waals surface area contributed by atoms with Crippen molar-refractivity contribution in [3.8, 4) is 5.75 Å². The van der Waals surface area contributed by atoms with Gasteiger partial charge in [0.1, 0.15) is 12.1 Å². The first-order chi connectivity index (χ1) is 15.4. The number of ether oxygens (including phenoxy) is 1. The fraction of sp³-hybridized carbons (Fsp3) is 0.100. The molecule has 2 aromatic carbocycles. The zero-order chi connectivity index (χ0) is 22.7. The van der Waals surface area contributed by atoms with Crippen molar-refractivity contribution in [3.05, 3.63) is 85.8 Å². The number of hydrogen-bond acceptors (Lipinski definition) is 5. The monoisotopic (exact) mass is 554 g/mol. The predicted octanol–water partition coefficient (Wildman–Crippen LogP) is 5.53. The molecule has 0 atom stereocenters. The number of amides is 1. The summed E-state index contributed by atoms with van der Waals surface area (Å²) in [5, 5.41) is 12.5. The summed E-state index contributed by atoms with van der Waals surface area (Å²) < 4.78 is 9.53. The molecule has 4 rings (SSSR count). The highest BCUT2D eigenvalue weighted by Crippen LogP contribution is 2.28. The van der Waals surface area contributed by atoms with Crippen LogP contribution in [-0.4, -0.2) is 30.5 Å². The molecule has 12 heteroatoms. The van der Waals surface area contributed by atoms with Gasteiger partial charge in [0.2, 0.25) is 5.95 Å². The molecule has 0 aliphatic rings. The number of hydrogen-bond donors (Lipinski definition) is 1. The summed E-state index contributed by atoms with van der Waals surface area (Å²) >= 11 is 21.4. The molecule has 0 aliphatic carbocycles. The number of aromatic nitrogens is 5. The van der Waals surface area contributed by atoms with Gasteiger partial charge in [-0.05, 0) is 42.0 Å². The van der Waals surface area contributed by atoms with Crippen molar-refractivity contribution in [2.24, 2.45) is 0 Å². The number of carbonyl (C=O) groups is 1. The average Bonchev–Trinajstić information content (AvgIpc) is 3.40. The lowest BCUT2D eigenvalue weighted by Gasteiger charge is -2.08. The van der Waals surface area contributed by atoms with E-state index in [0.29, 0.717) is 27.4 Å². The molecular weight excluding hydrogens is 543 g/mol. The molecule has 0 spiro atoms. The average molecular weight is 557 g/mol. The van der Waals surface area contributed by atoms with Crippen LogP contribution in [0.5, 0.6) is 5.75 Å². The van der Waals surface area contributed by atoms with Crippen LogP contribution in [0, 0.1) is 0 Å². The van der Waals surface area contributed by atoms with Crippen molar-refractivity contribution < 1.29 is 9.53 Å². The molecule has 0 saturated heterocycles. The molecule has 0 aliphatic heterocycles. The topological polar surface area (TPSA) is 86.9 Å². The lowest BCUT2D eigenvalue weighted by Crippen LogP contribution is -2.15. The van der Waals surface area contributed by atoms with Gasteiger partial charge >= 0.3 is 0 Å². The van der Waals surface area contributed by atoms with E-state index in [2.05, 4.69) is 36.4 Å². The third-order valence-electron chi connectivity index (χ3n) is 4.21. The van der Waals surface area contributed by atoms with E-state index in [1.807, 2.05) is 12.1 Å². The fourth-order valence-electron chi connectivity index (χ4n) is 2.70. The summed E-state index contributed by atoms with van der Waals surface area (Å²) in [4.78, 5) is 16.6. The molecule has 0 fully saturated rings. The molecule has 1 amide bonds. The van der Waals surface area contributed by atoms with E-state index >= 15 is 0 Å². The molecule has 32 heavy (non-hydrogen) atoms. The Bertz CT molecular complexity index is 1280. The van der Waals surface area contributed by atoms with Gasteiger partial charge in [-0.2, -0.15) is 5.10 Å². The summed E-state index contributed by atoms with van der Waals surface area (Å²) in [6.45, 7) is 0.509. The van der Waals surface area contributed by atoms with Gasteiger partial charge in [-0.25, -0.2) is 14.3 Å². The van der Waals surface area contributed by atoms with Crippen LogP contribution < -0.4 is 10.1 Å². The smallest absolute Gasteiger partial charge is 0.278 e. The van der Waals surface area contributed by atoms with Gasteiger partial charge in [0.05, 0.1) is 21.6 Å². The molecule has 2 aromatic heterocycles. The van der Waals surface area contributed by atoms with Gasteiger partial charge in [-0.3, -0.25) is 10.1 Å². The number of benzene rings is 2. The van der Waals surface area contributed by atoms with Crippen LogP contribution in [0.25, 0.3) is 0 Å². The summed E-state index contributed by atoms with van der Waals surface area (Å²) in [6, 6.07) is 12.1. The van der Waals surface area contributed by atoms with Crippen molar-refractivity contribution in [1.82, 2.24) is 24.5 Å². The Morgan fingerprint density at radius 2 is 1.84 bits per heavy atom. The van der Waals surface area contributed by atoms with Crippen LogP contribution >= 0.6 is 50.7 Å².